The van der Waals surface area contributed by atoms with E-state index in [9.17, 15) is 4.79 Å². The molecule has 0 atom stereocenters. The Morgan fingerprint density at radius 3 is 2.43 bits per heavy atom. The van der Waals surface area contributed by atoms with Crippen molar-refractivity contribution >= 4 is 17.3 Å². The Morgan fingerprint density at radius 2 is 1.78 bits per heavy atom. The molecular formula is C18H22N2O3. The summed E-state index contributed by atoms with van der Waals surface area (Å²) in [5.74, 6) is 1.41. The minimum absolute atomic E-state index is 0.114. The molecule has 2 rings (SSSR count). The summed E-state index contributed by atoms with van der Waals surface area (Å²) >= 11 is 0. The van der Waals surface area contributed by atoms with Crippen LogP contribution in [0.25, 0.3) is 0 Å². The van der Waals surface area contributed by atoms with E-state index in [4.69, 9.17) is 9.47 Å². The number of anilines is 2. The third-order valence-corrected chi connectivity index (χ3v) is 3.03. The molecule has 23 heavy (non-hydrogen) atoms. The van der Waals surface area contributed by atoms with Gasteiger partial charge in [-0.3, -0.25) is 4.79 Å². The zero-order valence-corrected chi connectivity index (χ0v) is 13.6. The third-order valence-electron chi connectivity index (χ3n) is 3.03. The maximum atomic E-state index is 12.0. The number of hydrogen-bond donors (Lipinski definition) is 2. The highest BCUT2D eigenvalue weighted by molar-refractivity contribution is 5.93. The van der Waals surface area contributed by atoms with Gasteiger partial charge >= 0.3 is 0 Å². The van der Waals surface area contributed by atoms with Gasteiger partial charge in [0.15, 0.2) is 0 Å². The van der Waals surface area contributed by atoms with Gasteiger partial charge in [-0.25, -0.2) is 0 Å². The first-order valence-electron chi connectivity index (χ1n) is 7.51. The van der Waals surface area contributed by atoms with Crippen LogP contribution in [0.1, 0.15) is 13.8 Å². The molecule has 0 aliphatic rings. The standard InChI is InChI=1S/C18H22N2O3/c1-13(2)23-17-6-4-5-15(11-17)19-12-18(21)20-14-7-9-16(22-3)10-8-14/h4-11,13,19H,12H2,1-3H3,(H,20,21). The number of ether oxygens (including phenoxy) is 2. The number of amides is 1. The lowest BCUT2D eigenvalue weighted by molar-refractivity contribution is -0.114. The molecule has 122 valence electrons. The molecule has 2 N–H and O–H groups in total. The molecule has 0 bridgehead atoms. The zero-order valence-electron chi connectivity index (χ0n) is 13.6. The lowest BCUT2D eigenvalue weighted by atomic mass is 10.3. The Kier molecular flexibility index (Phi) is 5.86. The molecule has 0 saturated heterocycles. The smallest absolute Gasteiger partial charge is 0.243 e. The Labute approximate surface area is 136 Å². The summed E-state index contributed by atoms with van der Waals surface area (Å²) in [4.78, 5) is 12.0. The van der Waals surface area contributed by atoms with Gasteiger partial charge in [-0.05, 0) is 50.2 Å². The van der Waals surface area contributed by atoms with Crippen LogP contribution in [-0.2, 0) is 4.79 Å². The van der Waals surface area contributed by atoms with Gasteiger partial charge in [0.2, 0.25) is 5.91 Å². The number of rotatable bonds is 7. The van der Waals surface area contributed by atoms with Crippen LogP contribution in [-0.4, -0.2) is 25.7 Å². The molecule has 0 heterocycles. The molecule has 0 aliphatic carbocycles. The molecule has 0 radical (unpaired) electrons. The fourth-order valence-electron chi connectivity index (χ4n) is 2.01. The molecule has 0 aliphatic heterocycles. The van der Waals surface area contributed by atoms with E-state index in [2.05, 4.69) is 10.6 Å². The van der Waals surface area contributed by atoms with Crippen molar-refractivity contribution < 1.29 is 14.3 Å². The number of nitrogens with one attached hydrogen (secondary N) is 2. The van der Waals surface area contributed by atoms with Crippen LogP contribution < -0.4 is 20.1 Å². The van der Waals surface area contributed by atoms with E-state index in [0.717, 1.165) is 22.9 Å². The number of methoxy groups -OCH3 is 1. The van der Waals surface area contributed by atoms with Gasteiger partial charge in [-0.15, -0.1) is 0 Å². The average Bonchev–Trinajstić information content (AvgIpc) is 2.53. The van der Waals surface area contributed by atoms with Gasteiger partial charge in [-0.1, -0.05) is 6.07 Å². The molecule has 1 amide bonds. The summed E-state index contributed by atoms with van der Waals surface area (Å²) in [6.45, 7) is 4.13. The quantitative estimate of drug-likeness (QED) is 0.821. The molecule has 0 fully saturated rings. The second kappa shape index (κ2) is 8.08. The first-order valence-corrected chi connectivity index (χ1v) is 7.51. The monoisotopic (exact) mass is 314 g/mol. The SMILES string of the molecule is COc1ccc(NC(=O)CNc2cccc(OC(C)C)c2)cc1. The Morgan fingerprint density at radius 1 is 1.04 bits per heavy atom. The van der Waals surface area contributed by atoms with Crippen LogP contribution in [0.15, 0.2) is 48.5 Å². The first kappa shape index (κ1) is 16.7. The topological polar surface area (TPSA) is 59.6 Å². The second-order valence-electron chi connectivity index (χ2n) is 5.32. The van der Waals surface area contributed by atoms with Crippen molar-refractivity contribution in [1.29, 1.82) is 0 Å². The molecule has 2 aromatic carbocycles. The van der Waals surface area contributed by atoms with Gasteiger partial charge in [0.25, 0.3) is 0 Å². The van der Waals surface area contributed by atoms with Crippen LogP contribution in [0.3, 0.4) is 0 Å². The highest BCUT2D eigenvalue weighted by Gasteiger charge is 2.04. The largest absolute Gasteiger partial charge is 0.497 e. The minimum Gasteiger partial charge on any atom is -0.497 e. The first-order chi connectivity index (χ1) is 11.1. The summed E-state index contributed by atoms with van der Waals surface area (Å²) in [5, 5.41) is 5.91. The van der Waals surface area contributed by atoms with Crippen molar-refractivity contribution in [3.05, 3.63) is 48.5 Å². The second-order valence-corrected chi connectivity index (χ2v) is 5.32. The van der Waals surface area contributed by atoms with Crippen LogP contribution in [0.4, 0.5) is 11.4 Å². The van der Waals surface area contributed by atoms with Crippen LogP contribution in [0.2, 0.25) is 0 Å². The van der Waals surface area contributed by atoms with Gasteiger partial charge in [0.1, 0.15) is 11.5 Å². The molecule has 2 aromatic rings. The Balaban J connectivity index is 1.86. The summed E-state index contributed by atoms with van der Waals surface area (Å²) < 4.78 is 10.7. The minimum atomic E-state index is -0.120. The van der Waals surface area contributed by atoms with Gasteiger partial charge in [-0.2, -0.15) is 0 Å². The number of carbonyl (C=O) groups excluding carboxylic acids is 1. The van der Waals surface area contributed by atoms with E-state index in [0.29, 0.717) is 0 Å². The third kappa shape index (κ3) is 5.54. The van der Waals surface area contributed by atoms with Gasteiger partial charge in [0.05, 0.1) is 19.8 Å². The van der Waals surface area contributed by atoms with E-state index in [-0.39, 0.29) is 18.6 Å². The number of benzene rings is 2. The summed E-state index contributed by atoms with van der Waals surface area (Å²) in [6, 6.07) is 14.8. The van der Waals surface area contributed by atoms with Crippen molar-refractivity contribution in [1.82, 2.24) is 0 Å². The summed E-state index contributed by atoms with van der Waals surface area (Å²) in [7, 11) is 1.61. The molecule has 0 aromatic heterocycles. The van der Waals surface area contributed by atoms with Crippen molar-refractivity contribution in [3.8, 4) is 11.5 Å². The van der Waals surface area contributed by atoms with Gasteiger partial charge < -0.3 is 20.1 Å². The predicted molar refractivity (Wildman–Crippen MR) is 92.3 cm³/mol. The van der Waals surface area contributed by atoms with E-state index in [1.54, 1.807) is 31.4 Å². The maximum Gasteiger partial charge on any atom is 0.243 e. The lowest BCUT2D eigenvalue weighted by Crippen LogP contribution is -2.21. The van der Waals surface area contributed by atoms with Crippen LogP contribution in [0, 0.1) is 0 Å². The van der Waals surface area contributed by atoms with Crippen molar-refractivity contribution in [2.45, 2.75) is 20.0 Å². The van der Waals surface area contributed by atoms with E-state index in [1.165, 1.54) is 0 Å². The van der Waals surface area contributed by atoms with E-state index < -0.39 is 0 Å². The summed E-state index contributed by atoms with van der Waals surface area (Å²) in [5.41, 5.74) is 1.57. The van der Waals surface area contributed by atoms with E-state index in [1.807, 2.05) is 38.1 Å². The molecule has 0 saturated carbocycles. The Hall–Kier alpha value is -2.69. The summed E-state index contributed by atoms with van der Waals surface area (Å²) in [6.07, 6.45) is 0.114. The number of carbonyl (C=O) groups is 1. The molecular weight excluding hydrogens is 292 g/mol. The average molecular weight is 314 g/mol. The number of hydrogen-bond acceptors (Lipinski definition) is 4. The fourth-order valence-corrected chi connectivity index (χ4v) is 2.01. The zero-order chi connectivity index (χ0) is 16.7. The van der Waals surface area contributed by atoms with E-state index >= 15 is 0 Å². The fraction of sp³-hybridized carbons (Fsp3) is 0.278. The lowest BCUT2D eigenvalue weighted by Gasteiger charge is -2.12. The van der Waals surface area contributed by atoms with Crippen molar-refractivity contribution in [2.75, 3.05) is 24.3 Å². The maximum absolute atomic E-state index is 12.0. The molecule has 0 spiro atoms. The van der Waals surface area contributed by atoms with Crippen molar-refractivity contribution in [2.24, 2.45) is 0 Å². The molecule has 0 unspecified atom stereocenters. The molecule has 5 heteroatoms. The predicted octanol–water partition coefficient (Wildman–Crippen LogP) is 3.53. The van der Waals surface area contributed by atoms with Crippen molar-refractivity contribution in [3.63, 3.8) is 0 Å². The normalized spacial score (nSPS) is 10.3. The highest BCUT2D eigenvalue weighted by Crippen LogP contribution is 2.18. The van der Waals surface area contributed by atoms with Gasteiger partial charge in [0, 0.05) is 17.4 Å². The van der Waals surface area contributed by atoms with Crippen LogP contribution >= 0.6 is 0 Å². The molecule has 5 nitrogen and oxygen atoms in total. The highest BCUT2D eigenvalue weighted by atomic mass is 16.5. The van der Waals surface area contributed by atoms with Crippen LogP contribution in [0.5, 0.6) is 11.5 Å². The Bertz CT molecular complexity index is 639.